The lowest BCUT2D eigenvalue weighted by molar-refractivity contribution is -0.123. The molecule has 1 unspecified atom stereocenters. The van der Waals surface area contributed by atoms with Crippen molar-refractivity contribution in [3.05, 3.63) is 23.5 Å². The normalized spacial score (nSPS) is 17.3. The quantitative estimate of drug-likeness (QED) is 0.790. The molecule has 2 N–H and O–H groups in total. The maximum atomic E-state index is 14.0. The van der Waals surface area contributed by atoms with Gasteiger partial charge in [-0.25, -0.2) is 4.39 Å². The summed E-state index contributed by atoms with van der Waals surface area (Å²) in [6.07, 6.45) is -0.504. The first-order chi connectivity index (χ1) is 9.04. The molecule has 1 aliphatic rings. The molecular weight excluding hydrogens is 251 g/mol. The van der Waals surface area contributed by atoms with Crippen molar-refractivity contribution in [3.8, 4) is 0 Å². The van der Waals surface area contributed by atoms with Gasteiger partial charge >= 0.3 is 0 Å². The summed E-state index contributed by atoms with van der Waals surface area (Å²) in [6.45, 7) is 1.24. The molecule has 1 aromatic carbocycles. The first kappa shape index (κ1) is 13.8. The number of carbonyl (C=O) groups excluding carboxylic acids is 1. The van der Waals surface area contributed by atoms with E-state index < -0.39 is 17.8 Å². The van der Waals surface area contributed by atoms with Gasteiger partial charge in [0.1, 0.15) is 5.82 Å². The van der Waals surface area contributed by atoms with E-state index in [4.69, 9.17) is 4.74 Å². The van der Waals surface area contributed by atoms with Crippen molar-refractivity contribution < 1.29 is 19.0 Å². The second-order valence-corrected chi connectivity index (χ2v) is 4.55. The van der Waals surface area contributed by atoms with E-state index in [2.05, 4.69) is 5.32 Å². The monoisotopic (exact) mass is 268 g/mol. The molecule has 19 heavy (non-hydrogen) atoms. The van der Waals surface area contributed by atoms with Crippen LogP contribution < -0.4 is 10.2 Å². The largest absolute Gasteiger partial charge is 0.385 e. The molecule has 1 atom stereocenters. The van der Waals surface area contributed by atoms with Gasteiger partial charge in [-0.2, -0.15) is 0 Å². The number of ether oxygens (including phenoxy) is 1. The third-order valence-corrected chi connectivity index (χ3v) is 3.17. The number of nitrogens with one attached hydrogen (secondary N) is 1. The standard InChI is InChI=1S/C13H17FN2O3/c1-16(4-3-5-19-2)11-7-10-8(6-9(11)14)12(17)13(18)15-10/h6-7,12,17H,3-5H2,1-2H3,(H,15,18). The van der Waals surface area contributed by atoms with Crippen LogP contribution in [0.4, 0.5) is 15.8 Å². The molecule has 1 amide bonds. The van der Waals surface area contributed by atoms with Gasteiger partial charge in [-0.1, -0.05) is 0 Å². The number of anilines is 2. The van der Waals surface area contributed by atoms with Gasteiger partial charge in [-0.3, -0.25) is 4.79 Å². The molecule has 0 aliphatic carbocycles. The van der Waals surface area contributed by atoms with Crippen LogP contribution in [0.2, 0.25) is 0 Å². The van der Waals surface area contributed by atoms with Crippen LogP contribution in [0.25, 0.3) is 0 Å². The van der Waals surface area contributed by atoms with Gasteiger partial charge in [0.2, 0.25) is 0 Å². The zero-order valence-corrected chi connectivity index (χ0v) is 10.9. The molecule has 0 radical (unpaired) electrons. The molecule has 0 bridgehead atoms. The Labute approximate surface area is 111 Å². The minimum absolute atomic E-state index is 0.288. The molecule has 1 aliphatic heterocycles. The average Bonchev–Trinajstić information content (AvgIpc) is 2.65. The number of fused-ring (bicyclic) bond motifs is 1. The fourth-order valence-electron chi connectivity index (χ4n) is 2.11. The maximum Gasteiger partial charge on any atom is 0.257 e. The zero-order valence-electron chi connectivity index (χ0n) is 10.9. The van der Waals surface area contributed by atoms with Crippen LogP contribution in [0.1, 0.15) is 18.1 Å². The van der Waals surface area contributed by atoms with E-state index in [9.17, 15) is 14.3 Å². The van der Waals surface area contributed by atoms with Crippen LogP contribution in [0.5, 0.6) is 0 Å². The predicted molar refractivity (Wildman–Crippen MR) is 69.8 cm³/mol. The van der Waals surface area contributed by atoms with Gasteiger partial charge in [0.15, 0.2) is 6.10 Å². The molecule has 1 aromatic rings. The summed E-state index contributed by atoms with van der Waals surface area (Å²) in [5.74, 6) is -0.970. The minimum Gasteiger partial charge on any atom is -0.385 e. The van der Waals surface area contributed by atoms with E-state index in [0.717, 1.165) is 6.42 Å². The minimum atomic E-state index is -1.28. The average molecular weight is 268 g/mol. The fourth-order valence-corrected chi connectivity index (χ4v) is 2.11. The van der Waals surface area contributed by atoms with Gasteiger partial charge in [0, 0.05) is 38.6 Å². The van der Waals surface area contributed by atoms with Gasteiger partial charge in [-0.15, -0.1) is 0 Å². The summed E-state index contributed by atoms with van der Waals surface area (Å²) in [5, 5.41) is 12.1. The molecule has 104 valence electrons. The summed E-state index contributed by atoms with van der Waals surface area (Å²) in [4.78, 5) is 13.1. The van der Waals surface area contributed by atoms with Crippen molar-refractivity contribution in [2.75, 3.05) is 37.5 Å². The fraction of sp³-hybridized carbons (Fsp3) is 0.462. The number of hydrogen-bond donors (Lipinski definition) is 2. The zero-order chi connectivity index (χ0) is 14.0. The first-order valence-corrected chi connectivity index (χ1v) is 6.07. The molecule has 0 spiro atoms. The number of amides is 1. The molecule has 0 aromatic heterocycles. The Balaban J connectivity index is 2.19. The highest BCUT2D eigenvalue weighted by Gasteiger charge is 2.30. The van der Waals surface area contributed by atoms with Crippen LogP contribution in [0.3, 0.4) is 0 Å². The van der Waals surface area contributed by atoms with Crippen LogP contribution in [0.15, 0.2) is 12.1 Å². The second-order valence-electron chi connectivity index (χ2n) is 4.55. The highest BCUT2D eigenvalue weighted by Crippen LogP contribution is 2.35. The summed E-state index contributed by atoms with van der Waals surface area (Å²) in [7, 11) is 3.39. The smallest absolute Gasteiger partial charge is 0.257 e. The molecule has 5 nitrogen and oxygen atoms in total. The number of aliphatic hydroxyl groups excluding tert-OH is 1. The van der Waals surface area contributed by atoms with Gasteiger partial charge in [0.05, 0.1) is 5.69 Å². The van der Waals surface area contributed by atoms with Crippen molar-refractivity contribution >= 4 is 17.3 Å². The number of nitrogens with zero attached hydrogens (tertiary/aromatic N) is 1. The van der Waals surface area contributed by atoms with E-state index in [0.29, 0.717) is 24.5 Å². The number of carbonyl (C=O) groups is 1. The first-order valence-electron chi connectivity index (χ1n) is 6.07. The lowest BCUT2D eigenvalue weighted by Crippen LogP contribution is -2.21. The number of rotatable bonds is 5. The van der Waals surface area contributed by atoms with Gasteiger partial charge in [0.25, 0.3) is 5.91 Å². The van der Waals surface area contributed by atoms with Crippen molar-refractivity contribution in [1.29, 1.82) is 0 Å². The molecule has 0 saturated heterocycles. The summed E-state index contributed by atoms with van der Waals surface area (Å²) in [6, 6.07) is 2.76. The lowest BCUT2D eigenvalue weighted by Gasteiger charge is -2.20. The maximum absolute atomic E-state index is 14.0. The van der Waals surface area contributed by atoms with Crippen molar-refractivity contribution in [2.45, 2.75) is 12.5 Å². The number of methoxy groups -OCH3 is 1. The Kier molecular flexibility index (Phi) is 4.01. The summed E-state index contributed by atoms with van der Waals surface area (Å²) in [5.41, 5.74) is 1.15. The molecule has 0 saturated carbocycles. The highest BCUT2D eigenvalue weighted by molar-refractivity contribution is 6.02. The van der Waals surface area contributed by atoms with E-state index in [1.165, 1.54) is 6.07 Å². The molecular formula is C13H17FN2O3. The topological polar surface area (TPSA) is 61.8 Å². The number of hydrogen-bond acceptors (Lipinski definition) is 4. The molecule has 1 heterocycles. The third kappa shape index (κ3) is 2.69. The van der Waals surface area contributed by atoms with Crippen LogP contribution in [-0.2, 0) is 9.53 Å². The molecule has 6 heteroatoms. The van der Waals surface area contributed by atoms with E-state index in [1.54, 1.807) is 25.1 Å². The van der Waals surface area contributed by atoms with Gasteiger partial charge in [-0.05, 0) is 18.6 Å². The van der Waals surface area contributed by atoms with Crippen LogP contribution >= 0.6 is 0 Å². The van der Waals surface area contributed by atoms with E-state index in [1.807, 2.05) is 0 Å². The Bertz CT molecular complexity index is 493. The Hall–Kier alpha value is -1.66. The summed E-state index contributed by atoms with van der Waals surface area (Å²) < 4.78 is 18.9. The van der Waals surface area contributed by atoms with Crippen LogP contribution in [0, 0.1) is 5.82 Å². The lowest BCUT2D eigenvalue weighted by atomic mass is 10.1. The second kappa shape index (κ2) is 5.54. The van der Waals surface area contributed by atoms with Crippen molar-refractivity contribution in [1.82, 2.24) is 0 Å². The van der Waals surface area contributed by atoms with Crippen LogP contribution in [-0.4, -0.2) is 38.3 Å². The van der Waals surface area contributed by atoms with E-state index in [-0.39, 0.29) is 5.56 Å². The number of halogens is 1. The number of aliphatic hydroxyl groups is 1. The third-order valence-electron chi connectivity index (χ3n) is 3.17. The Morgan fingerprint density at radius 1 is 1.53 bits per heavy atom. The van der Waals surface area contributed by atoms with E-state index >= 15 is 0 Å². The summed E-state index contributed by atoms with van der Waals surface area (Å²) >= 11 is 0. The Morgan fingerprint density at radius 2 is 2.26 bits per heavy atom. The molecule has 2 rings (SSSR count). The Morgan fingerprint density at radius 3 is 2.95 bits per heavy atom. The van der Waals surface area contributed by atoms with Crippen molar-refractivity contribution in [2.24, 2.45) is 0 Å². The SMILES string of the molecule is COCCCN(C)c1cc2c(cc1F)C(O)C(=O)N2. The van der Waals surface area contributed by atoms with Gasteiger partial charge < -0.3 is 20.1 Å². The van der Waals surface area contributed by atoms with Crippen molar-refractivity contribution in [3.63, 3.8) is 0 Å². The number of benzene rings is 1. The molecule has 0 fully saturated rings. The highest BCUT2D eigenvalue weighted by atomic mass is 19.1. The predicted octanol–water partition coefficient (Wildman–Crippen LogP) is 1.28.